The van der Waals surface area contributed by atoms with E-state index < -0.39 is 0 Å². The summed E-state index contributed by atoms with van der Waals surface area (Å²) in [7, 11) is 0. The summed E-state index contributed by atoms with van der Waals surface area (Å²) in [6, 6.07) is 8.60. The molecule has 0 aliphatic carbocycles. The molecule has 2 aromatic rings. The molecule has 0 aliphatic rings. The van der Waals surface area contributed by atoms with Gasteiger partial charge in [-0.15, -0.1) is 0 Å². The first-order valence-corrected chi connectivity index (χ1v) is 7.56. The molecule has 0 saturated carbocycles. The zero-order chi connectivity index (χ0) is 14.5. The van der Waals surface area contributed by atoms with Crippen LogP contribution in [0.4, 0.5) is 0 Å². The number of aryl methyl sites for hydroxylation is 1. The Labute approximate surface area is 121 Å². The van der Waals surface area contributed by atoms with Crippen LogP contribution in [0.3, 0.4) is 0 Å². The van der Waals surface area contributed by atoms with Gasteiger partial charge in [0.1, 0.15) is 5.82 Å². The predicted octanol–water partition coefficient (Wildman–Crippen LogP) is 2.87. The van der Waals surface area contributed by atoms with Gasteiger partial charge >= 0.3 is 0 Å². The molecule has 1 atom stereocenters. The van der Waals surface area contributed by atoms with Crippen LogP contribution in [0, 0.1) is 5.92 Å². The monoisotopic (exact) mass is 274 g/mol. The van der Waals surface area contributed by atoms with Crippen molar-refractivity contribution in [2.75, 3.05) is 0 Å². The van der Waals surface area contributed by atoms with Gasteiger partial charge in [0.15, 0.2) is 0 Å². The quantitative estimate of drug-likeness (QED) is 0.603. The first-order valence-electron chi connectivity index (χ1n) is 7.56. The lowest BCUT2D eigenvalue weighted by atomic mass is 10.0. The van der Waals surface area contributed by atoms with E-state index in [1.807, 2.05) is 6.07 Å². The summed E-state index contributed by atoms with van der Waals surface area (Å²) in [5, 5.41) is 0. The van der Waals surface area contributed by atoms with Crippen molar-refractivity contribution in [3.8, 4) is 0 Å². The molecule has 1 aromatic carbocycles. The summed E-state index contributed by atoms with van der Waals surface area (Å²) in [5.74, 6) is 7.54. The molecule has 1 aromatic heterocycles. The smallest absolute Gasteiger partial charge is 0.111 e. The van der Waals surface area contributed by atoms with Gasteiger partial charge in [0.05, 0.1) is 11.0 Å². The number of rotatable bonds is 7. The minimum absolute atomic E-state index is 0.291. The van der Waals surface area contributed by atoms with Gasteiger partial charge in [0.25, 0.3) is 0 Å². The Hall–Kier alpha value is -1.39. The van der Waals surface area contributed by atoms with Crippen LogP contribution in [-0.4, -0.2) is 15.6 Å². The number of nitrogens with zero attached hydrogens (tertiary/aromatic N) is 2. The van der Waals surface area contributed by atoms with Crippen molar-refractivity contribution in [3.63, 3.8) is 0 Å². The van der Waals surface area contributed by atoms with Crippen molar-refractivity contribution in [2.45, 2.75) is 52.6 Å². The van der Waals surface area contributed by atoms with Crippen molar-refractivity contribution in [2.24, 2.45) is 11.8 Å². The molecule has 4 heteroatoms. The number of para-hydroxylation sites is 2. The molecule has 0 radical (unpaired) electrons. The fourth-order valence-electron chi connectivity index (χ4n) is 2.63. The van der Waals surface area contributed by atoms with Crippen molar-refractivity contribution >= 4 is 11.0 Å². The topological polar surface area (TPSA) is 55.9 Å². The molecule has 0 saturated heterocycles. The van der Waals surface area contributed by atoms with Gasteiger partial charge < -0.3 is 4.57 Å². The fourth-order valence-corrected chi connectivity index (χ4v) is 2.63. The van der Waals surface area contributed by atoms with E-state index in [1.165, 1.54) is 11.9 Å². The molecule has 0 fully saturated rings. The van der Waals surface area contributed by atoms with Crippen LogP contribution < -0.4 is 11.3 Å². The van der Waals surface area contributed by atoms with E-state index in [0.717, 1.165) is 30.7 Å². The van der Waals surface area contributed by atoms with E-state index in [4.69, 9.17) is 10.8 Å². The van der Waals surface area contributed by atoms with Crippen molar-refractivity contribution in [3.05, 3.63) is 30.1 Å². The first-order chi connectivity index (χ1) is 9.65. The van der Waals surface area contributed by atoms with Gasteiger partial charge in [0, 0.05) is 19.0 Å². The average molecular weight is 274 g/mol. The molecular weight excluding hydrogens is 248 g/mol. The lowest BCUT2D eigenvalue weighted by Gasteiger charge is -2.17. The number of hydrazine groups is 1. The Balaban J connectivity index is 2.19. The number of nitrogens with one attached hydrogen (secondary N) is 1. The Kier molecular flexibility index (Phi) is 5.15. The summed E-state index contributed by atoms with van der Waals surface area (Å²) < 4.78 is 2.29. The van der Waals surface area contributed by atoms with Crippen LogP contribution in [0.15, 0.2) is 24.3 Å². The van der Waals surface area contributed by atoms with E-state index in [0.29, 0.717) is 12.0 Å². The normalized spacial score (nSPS) is 13.2. The molecule has 1 unspecified atom stereocenters. The van der Waals surface area contributed by atoms with E-state index in [9.17, 15) is 0 Å². The highest BCUT2D eigenvalue weighted by atomic mass is 15.2. The van der Waals surface area contributed by atoms with Gasteiger partial charge in [0.2, 0.25) is 0 Å². The highest BCUT2D eigenvalue weighted by Crippen LogP contribution is 2.18. The molecule has 3 N–H and O–H groups in total. The number of nitrogens with two attached hydrogens (primary N) is 1. The Morgan fingerprint density at radius 1 is 1.25 bits per heavy atom. The Bertz CT molecular complexity index is 544. The third-order valence-corrected chi connectivity index (χ3v) is 3.81. The zero-order valence-electron chi connectivity index (χ0n) is 12.8. The SMILES string of the molecule is CCn1c(CC(CCC(C)C)NN)nc2ccccc21. The van der Waals surface area contributed by atoms with Gasteiger partial charge in [-0.05, 0) is 37.8 Å². The molecule has 2 rings (SSSR count). The maximum absolute atomic E-state index is 5.71. The number of benzene rings is 1. The maximum atomic E-state index is 5.71. The second-order valence-electron chi connectivity index (χ2n) is 5.80. The summed E-state index contributed by atoms with van der Waals surface area (Å²) in [5.41, 5.74) is 5.23. The standard InChI is InChI=1S/C16H26N4/c1-4-20-15-8-6-5-7-14(15)18-16(20)11-13(19-17)10-9-12(2)3/h5-8,12-13,19H,4,9-11,17H2,1-3H3. The summed E-state index contributed by atoms with van der Waals surface area (Å²) in [6.45, 7) is 7.59. The lowest BCUT2D eigenvalue weighted by molar-refractivity contribution is 0.424. The average Bonchev–Trinajstić information content (AvgIpc) is 2.80. The lowest BCUT2D eigenvalue weighted by Crippen LogP contribution is -2.37. The highest BCUT2D eigenvalue weighted by molar-refractivity contribution is 5.75. The summed E-state index contributed by atoms with van der Waals surface area (Å²) >= 11 is 0. The number of aromatic nitrogens is 2. The van der Waals surface area contributed by atoms with Gasteiger partial charge in [-0.2, -0.15) is 0 Å². The highest BCUT2D eigenvalue weighted by Gasteiger charge is 2.15. The second kappa shape index (κ2) is 6.86. The van der Waals surface area contributed by atoms with Gasteiger partial charge in [-0.1, -0.05) is 26.0 Å². The maximum Gasteiger partial charge on any atom is 0.111 e. The molecular formula is C16H26N4. The van der Waals surface area contributed by atoms with Crippen molar-refractivity contribution in [1.29, 1.82) is 0 Å². The number of fused-ring (bicyclic) bond motifs is 1. The second-order valence-corrected chi connectivity index (χ2v) is 5.80. The Morgan fingerprint density at radius 2 is 2.00 bits per heavy atom. The van der Waals surface area contributed by atoms with Crippen LogP contribution in [0.1, 0.15) is 39.4 Å². The van der Waals surface area contributed by atoms with Crippen LogP contribution >= 0.6 is 0 Å². The number of hydrogen-bond acceptors (Lipinski definition) is 3. The predicted molar refractivity (Wildman–Crippen MR) is 84.3 cm³/mol. The fraction of sp³-hybridized carbons (Fsp3) is 0.562. The molecule has 0 amide bonds. The summed E-state index contributed by atoms with van der Waals surface area (Å²) in [6.07, 6.45) is 3.15. The van der Waals surface area contributed by atoms with E-state index >= 15 is 0 Å². The molecule has 4 nitrogen and oxygen atoms in total. The zero-order valence-corrected chi connectivity index (χ0v) is 12.8. The summed E-state index contributed by atoms with van der Waals surface area (Å²) in [4.78, 5) is 4.77. The van der Waals surface area contributed by atoms with E-state index in [1.54, 1.807) is 0 Å². The molecule has 0 bridgehead atoms. The minimum Gasteiger partial charge on any atom is -0.328 e. The van der Waals surface area contributed by atoms with Crippen molar-refractivity contribution in [1.82, 2.24) is 15.0 Å². The third-order valence-electron chi connectivity index (χ3n) is 3.81. The third kappa shape index (κ3) is 3.38. The molecule has 0 spiro atoms. The first kappa shape index (κ1) is 15.0. The minimum atomic E-state index is 0.291. The Morgan fingerprint density at radius 3 is 2.65 bits per heavy atom. The van der Waals surface area contributed by atoms with Crippen LogP contribution in [0.25, 0.3) is 11.0 Å². The van der Waals surface area contributed by atoms with E-state index in [-0.39, 0.29) is 0 Å². The molecule has 20 heavy (non-hydrogen) atoms. The van der Waals surface area contributed by atoms with Gasteiger partial charge in [-0.25, -0.2) is 4.98 Å². The number of imidazole rings is 1. The number of hydrogen-bond donors (Lipinski definition) is 2. The molecule has 110 valence electrons. The van der Waals surface area contributed by atoms with Crippen molar-refractivity contribution < 1.29 is 0 Å². The molecule has 0 aliphatic heterocycles. The van der Waals surface area contributed by atoms with Crippen LogP contribution in [-0.2, 0) is 13.0 Å². The van der Waals surface area contributed by atoms with E-state index in [2.05, 4.69) is 49.0 Å². The van der Waals surface area contributed by atoms with Crippen LogP contribution in [0.2, 0.25) is 0 Å². The largest absolute Gasteiger partial charge is 0.328 e. The van der Waals surface area contributed by atoms with Crippen LogP contribution in [0.5, 0.6) is 0 Å². The molecule has 1 heterocycles. The van der Waals surface area contributed by atoms with Gasteiger partial charge in [-0.3, -0.25) is 11.3 Å².